The second-order valence-corrected chi connectivity index (χ2v) is 5.92. The van der Waals surface area contributed by atoms with Gasteiger partial charge in [-0.15, -0.1) is 0 Å². The molecule has 3 nitrogen and oxygen atoms in total. The monoisotopic (exact) mass is 305 g/mol. The van der Waals surface area contributed by atoms with Gasteiger partial charge in [-0.1, -0.05) is 25.1 Å². The lowest BCUT2D eigenvalue weighted by Crippen LogP contribution is -2.35. The Balaban J connectivity index is 1.79. The van der Waals surface area contributed by atoms with Crippen LogP contribution in [-0.4, -0.2) is 35.8 Å². The van der Waals surface area contributed by atoms with Gasteiger partial charge < -0.3 is 9.84 Å². The molecule has 1 aromatic carbocycles. The van der Waals surface area contributed by atoms with Crippen LogP contribution in [0.3, 0.4) is 0 Å². The maximum absolute atomic E-state index is 10.2. The molecule has 0 bridgehead atoms. The lowest BCUT2D eigenvalue weighted by molar-refractivity contribution is 0.0656. The van der Waals surface area contributed by atoms with E-state index in [-0.39, 0.29) is 0 Å². The van der Waals surface area contributed by atoms with Gasteiger partial charge in [0.2, 0.25) is 0 Å². The third kappa shape index (κ3) is 5.87. The summed E-state index contributed by atoms with van der Waals surface area (Å²) in [5.41, 5.74) is 1.31. The molecule has 0 spiro atoms. The van der Waals surface area contributed by atoms with E-state index in [1.807, 2.05) is 30.3 Å². The first-order valence-corrected chi connectivity index (χ1v) is 8.31. The average Bonchev–Trinajstić information content (AvgIpc) is 2.99. The summed E-state index contributed by atoms with van der Waals surface area (Å²) in [6.07, 6.45) is 0.603. The number of hydrogen-bond donors (Lipinski definition) is 1. The molecule has 0 amide bonds. The van der Waals surface area contributed by atoms with Gasteiger partial charge in [0.05, 0.1) is 0 Å². The van der Waals surface area contributed by atoms with Gasteiger partial charge in [0.25, 0.3) is 0 Å². The molecule has 4 heteroatoms. The molecular weight excluding hydrogens is 282 g/mol. The summed E-state index contributed by atoms with van der Waals surface area (Å²) in [6, 6.07) is 11.8. The molecule has 0 aliphatic heterocycles. The molecular formula is C17H23NO2S. The van der Waals surface area contributed by atoms with Crippen molar-refractivity contribution in [1.29, 1.82) is 0 Å². The summed E-state index contributed by atoms with van der Waals surface area (Å²) in [5, 5.41) is 14.4. The van der Waals surface area contributed by atoms with E-state index in [1.54, 1.807) is 11.3 Å². The molecule has 0 radical (unpaired) electrons. The van der Waals surface area contributed by atoms with Gasteiger partial charge in [-0.05, 0) is 47.5 Å². The summed E-state index contributed by atoms with van der Waals surface area (Å²) in [6.45, 7) is 5.00. The van der Waals surface area contributed by atoms with Crippen LogP contribution < -0.4 is 4.74 Å². The number of para-hydroxylation sites is 1. The van der Waals surface area contributed by atoms with E-state index in [0.717, 1.165) is 25.3 Å². The van der Waals surface area contributed by atoms with E-state index < -0.39 is 6.10 Å². The van der Waals surface area contributed by atoms with Crippen molar-refractivity contribution in [3.05, 3.63) is 52.7 Å². The molecule has 1 unspecified atom stereocenters. The van der Waals surface area contributed by atoms with Crippen LogP contribution in [0.1, 0.15) is 18.9 Å². The van der Waals surface area contributed by atoms with Crippen molar-refractivity contribution < 1.29 is 9.84 Å². The second-order valence-electron chi connectivity index (χ2n) is 5.14. The number of aliphatic hydroxyl groups is 1. The van der Waals surface area contributed by atoms with Gasteiger partial charge in [0.1, 0.15) is 18.5 Å². The predicted molar refractivity (Wildman–Crippen MR) is 87.8 cm³/mol. The normalized spacial score (nSPS) is 12.5. The molecule has 1 atom stereocenters. The average molecular weight is 305 g/mol. The molecule has 1 aromatic heterocycles. The van der Waals surface area contributed by atoms with Crippen LogP contribution >= 0.6 is 11.3 Å². The number of hydrogen-bond acceptors (Lipinski definition) is 4. The molecule has 0 saturated carbocycles. The molecule has 2 rings (SSSR count). The first-order valence-electron chi connectivity index (χ1n) is 7.37. The molecule has 0 aliphatic rings. The molecule has 1 N–H and O–H groups in total. The largest absolute Gasteiger partial charge is 0.491 e. The number of benzene rings is 1. The Morgan fingerprint density at radius 2 is 2.05 bits per heavy atom. The van der Waals surface area contributed by atoms with Crippen LogP contribution in [0, 0.1) is 0 Å². The standard InChI is InChI=1S/C17H23NO2S/c1-2-9-18(11-15-8-10-21-14-15)12-16(19)13-20-17-6-4-3-5-7-17/h3-8,10,14,16,19H,2,9,11-13H2,1H3. The Labute approximate surface area is 130 Å². The first kappa shape index (κ1) is 16.0. The third-order valence-corrected chi connectivity index (χ3v) is 3.91. The van der Waals surface area contributed by atoms with E-state index in [1.165, 1.54) is 5.56 Å². The van der Waals surface area contributed by atoms with Crippen molar-refractivity contribution in [3.63, 3.8) is 0 Å². The van der Waals surface area contributed by atoms with Gasteiger partial charge in [-0.3, -0.25) is 4.90 Å². The predicted octanol–water partition coefficient (Wildman–Crippen LogP) is 3.40. The highest BCUT2D eigenvalue weighted by molar-refractivity contribution is 7.07. The zero-order valence-electron chi connectivity index (χ0n) is 12.4. The van der Waals surface area contributed by atoms with E-state index in [0.29, 0.717) is 13.2 Å². The summed E-state index contributed by atoms with van der Waals surface area (Å²) in [4.78, 5) is 2.28. The van der Waals surface area contributed by atoms with Crippen molar-refractivity contribution in [1.82, 2.24) is 4.90 Å². The van der Waals surface area contributed by atoms with Crippen LogP contribution in [0.15, 0.2) is 47.2 Å². The number of nitrogens with zero attached hydrogens (tertiary/aromatic N) is 1. The lowest BCUT2D eigenvalue weighted by Gasteiger charge is -2.24. The van der Waals surface area contributed by atoms with Crippen LogP contribution in [0.5, 0.6) is 5.75 Å². The fourth-order valence-electron chi connectivity index (χ4n) is 2.25. The van der Waals surface area contributed by atoms with E-state index in [9.17, 15) is 5.11 Å². The van der Waals surface area contributed by atoms with Crippen molar-refractivity contribution in [2.45, 2.75) is 26.0 Å². The summed E-state index contributed by atoms with van der Waals surface area (Å²) in [7, 11) is 0. The zero-order valence-corrected chi connectivity index (χ0v) is 13.3. The number of thiophene rings is 1. The van der Waals surface area contributed by atoms with Crippen molar-refractivity contribution in [2.24, 2.45) is 0 Å². The minimum Gasteiger partial charge on any atom is -0.491 e. The number of ether oxygens (including phenoxy) is 1. The highest BCUT2D eigenvalue weighted by Crippen LogP contribution is 2.12. The fourth-order valence-corrected chi connectivity index (χ4v) is 2.91. The van der Waals surface area contributed by atoms with Gasteiger partial charge in [0, 0.05) is 13.1 Å². The Kier molecular flexibility index (Phi) is 6.73. The fraction of sp³-hybridized carbons (Fsp3) is 0.412. The Morgan fingerprint density at radius 3 is 2.71 bits per heavy atom. The minimum atomic E-state index is -0.476. The lowest BCUT2D eigenvalue weighted by atomic mass is 10.2. The van der Waals surface area contributed by atoms with Gasteiger partial charge in [-0.25, -0.2) is 0 Å². The Bertz CT molecular complexity index is 487. The van der Waals surface area contributed by atoms with Crippen LogP contribution in [0.25, 0.3) is 0 Å². The topological polar surface area (TPSA) is 32.7 Å². The summed E-state index contributed by atoms with van der Waals surface area (Å²) in [5.74, 6) is 0.802. The SMILES string of the molecule is CCCN(Cc1ccsc1)CC(O)COc1ccccc1. The zero-order chi connectivity index (χ0) is 14.9. The molecule has 2 aromatic rings. The van der Waals surface area contributed by atoms with E-state index in [2.05, 4.69) is 28.7 Å². The maximum Gasteiger partial charge on any atom is 0.119 e. The summed E-state index contributed by atoms with van der Waals surface area (Å²) >= 11 is 1.71. The van der Waals surface area contributed by atoms with E-state index >= 15 is 0 Å². The smallest absolute Gasteiger partial charge is 0.119 e. The molecule has 0 aliphatic carbocycles. The van der Waals surface area contributed by atoms with E-state index in [4.69, 9.17) is 4.74 Å². The maximum atomic E-state index is 10.2. The molecule has 0 fully saturated rings. The first-order chi connectivity index (χ1) is 10.3. The number of rotatable bonds is 9. The Hall–Kier alpha value is -1.36. The minimum absolute atomic E-state index is 0.327. The van der Waals surface area contributed by atoms with Gasteiger partial charge in [0.15, 0.2) is 0 Å². The molecule has 21 heavy (non-hydrogen) atoms. The van der Waals surface area contributed by atoms with Crippen LogP contribution in [0.4, 0.5) is 0 Å². The Morgan fingerprint density at radius 1 is 1.24 bits per heavy atom. The molecule has 0 saturated heterocycles. The van der Waals surface area contributed by atoms with Crippen molar-refractivity contribution in [3.8, 4) is 5.75 Å². The highest BCUT2D eigenvalue weighted by Gasteiger charge is 2.12. The third-order valence-electron chi connectivity index (χ3n) is 3.18. The molecule has 114 valence electrons. The summed E-state index contributed by atoms with van der Waals surface area (Å²) < 4.78 is 5.61. The van der Waals surface area contributed by atoms with Crippen molar-refractivity contribution in [2.75, 3.05) is 19.7 Å². The van der Waals surface area contributed by atoms with Crippen LogP contribution in [0.2, 0.25) is 0 Å². The molecule has 1 heterocycles. The van der Waals surface area contributed by atoms with Gasteiger partial charge in [-0.2, -0.15) is 11.3 Å². The van der Waals surface area contributed by atoms with Crippen molar-refractivity contribution >= 4 is 11.3 Å². The second kappa shape index (κ2) is 8.82. The van der Waals surface area contributed by atoms with Gasteiger partial charge >= 0.3 is 0 Å². The number of aliphatic hydroxyl groups excluding tert-OH is 1. The quantitative estimate of drug-likeness (QED) is 0.771. The highest BCUT2D eigenvalue weighted by atomic mass is 32.1. The van der Waals surface area contributed by atoms with Crippen LogP contribution in [-0.2, 0) is 6.54 Å².